The van der Waals surface area contributed by atoms with Crippen LogP contribution in [0.2, 0.25) is 5.02 Å². The van der Waals surface area contributed by atoms with Gasteiger partial charge in [-0.05, 0) is 69.5 Å². The lowest BCUT2D eigenvalue weighted by atomic mass is 10.1. The van der Waals surface area contributed by atoms with Gasteiger partial charge in [0.15, 0.2) is 0 Å². The number of nitrogens with one attached hydrogen (secondary N) is 1. The molecule has 4 nitrogen and oxygen atoms in total. The number of amides is 1. The highest BCUT2D eigenvalue weighted by molar-refractivity contribution is 6.32. The maximum absolute atomic E-state index is 12.2. The third-order valence-corrected chi connectivity index (χ3v) is 4.01. The molecule has 0 atom stereocenters. The van der Waals surface area contributed by atoms with Gasteiger partial charge in [-0.15, -0.1) is 0 Å². The number of aryl methyl sites for hydroxylation is 1. The number of ether oxygens (including phenoxy) is 2. The molecule has 0 radical (unpaired) electrons. The summed E-state index contributed by atoms with van der Waals surface area (Å²) in [4.78, 5) is 12.2. The molecular weight excluding hydrogens is 350 g/mol. The molecular formula is C21H26ClNO3. The van der Waals surface area contributed by atoms with Crippen LogP contribution in [-0.4, -0.2) is 25.2 Å². The van der Waals surface area contributed by atoms with E-state index >= 15 is 0 Å². The van der Waals surface area contributed by atoms with E-state index in [0.29, 0.717) is 29.5 Å². The highest BCUT2D eigenvalue weighted by Gasteiger charge is 2.09. The second-order valence-electron chi connectivity index (χ2n) is 6.25. The van der Waals surface area contributed by atoms with Gasteiger partial charge >= 0.3 is 0 Å². The van der Waals surface area contributed by atoms with E-state index in [2.05, 4.69) is 17.4 Å². The minimum Gasteiger partial charge on any atom is -0.492 e. The molecule has 5 heteroatoms. The number of halogens is 1. The highest BCUT2D eigenvalue weighted by Crippen LogP contribution is 2.25. The molecule has 1 amide bonds. The molecule has 0 saturated carbocycles. The molecule has 2 aromatic carbocycles. The number of carbonyl (C=O) groups is 1. The van der Waals surface area contributed by atoms with Gasteiger partial charge in [0.2, 0.25) is 0 Å². The van der Waals surface area contributed by atoms with Gasteiger partial charge in [-0.25, -0.2) is 0 Å². The molecule has 1 N–H and O–H groups in total. The van der Waals surface area contributed by atoms with Crippen LogP contribution in [0.1, 0.15) is 43.1 Å². The van der Waals surface area contributed by atoms with Gasteiger partial charge in [0.1, 0.15) is 11.5 Å². The monoisotopic (exact) mass is 375 g/mol. The van der Waals surface area contributed by atoms with E-state index in [9.17, 15) is 4.79 Å². The summed E-state index contributed by atoms with van der Waals surface area (Å²) < 4.78 is 11.0. The van der Waals surface area contributed by atoms with E-state index in [0.717, 1.165) is 18.6 Å². The fourth-order valence-electron chi connectivity index (χ4n) is 2.52. The number of carbonyl (C=O) groups excluding carboxylic acids is 1. The van der Waals surface area contributed by atoms with E-state index in [1.165, 1.54) is 5.56 Å². The van der Waals surface area contributed by atoms with Gasteiger partial charge < -0.3 is 14.8 Å². The lowest BCUT2D eigenvalue weighted by molar-refractivity contribution is 0.0953. The van der Waals surface area contributed by atoms with Crippen LogP contribution in [-0.2, 0) is 6.42 Å². The van der Waals surface area contributed by atoms with Gasteiger partial charge in [-0.3, -0.25) is 4.79 Å². The number of benzene rings is 2. The summed E-state index contributed by atoms with van der Waals surface area (Å²) in [5, 5.41) is 3.37. The predicted molar refractivity (Wildman–Crippen MR) is 105 cm³/mol. The van der Waals surface area contributed by atoms with Crippen molar-refractivity contribution in [1.29, 1.82) is 0 Å². The van der Waals surface area contributed by atoms with Crippen LogP contribution < -0.4 is 14.8 Å². The van der Waals surface area contributed by atoms with Crippen molar-refractivity contribution in [2.24, 2.45) is 0 Å². The topological polar surface area (TPSA) is 47.6 Å². The van der Waals surface area contributed by atoms with Crippen LogP contribution in [0.25, 0.3) is 0 Å². The lowest BCUT2D eigenvalue weighted by Crippen LogP contribution is -2.24. The van der Waals surface area contributed by atoms with Crippen molar-refractivity contribution in [1.82, 2.24) is 5.32 Å². The van der Waals surface area contributed by atoms with Crippen LogP contribution in [0, 0.1) is 0 Å². The molecule has 0 saturated heterocycles. The van der Waals surface area contributed by atoms with Crippen molar-refractivity contribution < 1.29 is 14.3 Å². The smallest absolute Gasteiger partial charge is 0.251 e. The summed E-state index contributed by atoms with van der Waals surface area (Å²) in [6, 6.07) is 13.2. The summed E-state index contributed by atoms with van der Waals surface area (Å²) in [5.74, 6) is 1.34. The van der Waals surface area contributed by atoms with E-state index < -0.39 is 0 Å². The first kappa shape index (κ1) is 20.1. The van der Waals surface area contributed by atoms with Crippen molar-refractivity contribution in [2.45, 2.75) is 39.7 Å². The fourth-order valence-corrected chi connectivity index (χ4v) is 2.75. The zero-order chi connectivity index (χ0) is 18.9. The first-order chi connectivity index (χ1) is 12.5. The largest absolute Gasteiger partial charge is 0.492 e. The van der Waals surface area contributed by atoms with E-state index in [1.54, 1.807) is 18.2 Å². The highest BCUT2D eigenvalue weighted by atomic mass is 35.5. The Hall–Kier alpha value is -2.20. The minimum absolute atomic E-state index is 0.129. The number of hydrogen-bond donors (Lipinski definition) is 1. The maximum atomic E-state index is 12.2. The Kier molecular flexibility index (Phi) is 7.79. The Balaban J connectivity index is 1.77. The van der Waals surface area contributed by atoms with Gasteiger partial charge in [0.25, 0.3) is 5.91 Å². The molecule has 0 bridgehead atoms. The van der Waals surface area contributed by atoms with E-state index in [-0.39, 0.29) is 12.0 Å². The molecule has 0 aromatic heterocycles. The van der Waals surface area contributed by atoms with Crippen molar-refractivity contribution in [2.75, 3.05) is 13.2 Å². The third kappa shape index (κ3) is 6.26. The van der Waals surface area contributed by atoms with Crippen molar-refractivity contribution >= 4 is 17.5 Å². The Morgan fingerprint density at radius 1 is 1.15 bits per heavy atom. The molecule has 2 rings (SSSR count). The lowest BCUT2D eigenvalue weighted by Gasteiger charge is -2.10. The minimum atomic E-state index is -0.129. The fraction of sp³-hybridized carbons (Fsp3) is 0.381. The molecule has 2 aromatic rings. The summed E-state index contributed by atoms with van der Waals surface area (Å²) in [6.45, 7) is 7.05. The summed E-state index contributed by atoms with van der Waals surface area (Å²) in [5.41, 5.74) is 1.76. The maximum Gasteiger partial charge on any atom is 0.251 e. The zero-order valence-electron chi connectivity index (χ0n) is 15.5. The normalized spacial score (nSPS) is 10.7. The summed E-state index contributed by atoms with van der Waals surface area (Å²) >= 11 is 6.12. The Bertz CT molecular complexity index is 714. The quantitative estimate of drug-likeness (QED) is 0.635. The molecule has 0 spiro atoms. The number of hydrogen-bond acceptors (Lipinski definition) is 3. The van der Waals surface area contributed by atoms with Gasteiger partial charge in [-0.2, -0.15) is 0 Å². The molecule has 0 fully saturated rings. The summed E-state index contributed by atoms with van der Waals surface area (Å²) in [6.07, 6.45) is 1.93. The molecule has 0 aliphatic carbocycles. The van der Waals surface area contributed by atoms with Crippen LogP contribution in [0.5, 0.6) is 11.5 Å². The van der Waals surface area contributed by atoms with Crippen LogP contribution >= 0.6 is 11.6 Å². The van der Waals surface area contributed by atoms with Gasteiger partial charge in [-0.1, -0.05) is 23.7 Å². The SMILES string of the molecule is CCOc1ccc(C(=O)NCCCc2ccc(OC(C)C)cc2)cc1Cl. The van der Waals surface area contributed by atoms with Crippen molar-refractivity contribution in [3.63, 3.8) is 0 Å². The van der Waals surface area contributed by atoms with Gasteiger partial charge in [0.05, 0.1) is 17.7 Å². The predicted octanol–water partition coefficient (Wildman–Crippen LogP) is 4.89. The average Bonchev–Trinajstić information content (AvgIpc) is 2.61. The molecule has 0 aliphatic rings. The Labute approximate surface area is 160 Å². The second kappa shape index (κ2) is 10.1. The van der Waals surface area contributed by atoms with Crippen molar-refractivity contribution in [3.8, 4) is 11.5 Å². The van der Waals surface area contributed by atoms with Crippen LogP contribution in [0.3, 0.4) is 0 Å². The third-order valence-electron chi connectivity index (χ3n) is 3.72. The number of rotatable bonds is 9. The average molecular weight is 376 g/mol. The van der Waals surface area contributed by atoms with E-state index in [1.807, 2.05) is 32.9 Å². The first-order valence-electron chi connectivity index (χ1n) is 8.95. The van der Waals surface area contributed by atoms with Gasteiger partial charge in [0, 0.05) is 12.1 Å². The zero-order valence-corrected chi connectivity index (χ0v) is 16.3. The van der Waals surface area contributed by atoms with Crippen LogP contribution in [0.15, 0.2) is 42.5 Å². The molecule has 140 valence electrons. The molecule has 0 unspecified atom stereocenters. The summed E-state index contributed by atoms with van der Waals surface area (Å²) in [7, 11) is 0. The Morgan fingerprint density at radius 3 is 2.50 bits per heavy atom. The second-order valence-corrected chi connectivity index (χ2v) is 6.66. The van der Waals surface area contributed by atoms with Crippen molar-refractivity contribution in [3.05, 3.63) is 58.6 Å². The standard InChI is InChI=1S/C21H26ClNO3/c1-4-25-20-12-9-17(14-19(20)22)21(24)23-13-5-6-16-7-10-18(11-8-16)26-15(2)3/h7-12,14-15H,4-6,13H2,1-3H3,(H,23,24). The Morgan fingerprint density at radius 2 is 1.88 bits per heavy atom. The molecule has 0 heterocycles. The van der Waals surface area contributed by atoms with Crippen LogP contribution in [0.4, 0.5) is 0 Å². The molecule has 26 heavy (non-hydrogen) atoms. The van der Waals surface area contributed by atoms with E-state index in [4.69, 9.17) is 21.1 Å². The first-order valence-corrected chi connectivity index (χ1v) is 9.33. The molecule has 0 aliphatic heterocycles.